The molecule has 0 atom stereocenters. The Morgan fingerprint density at radius 2 is 1.90 bits per heavy atom. The van der Waals surface area contributed by atoms with Gasteiger partial charge in [0.15, 0.2) is 0 Å². The van der Waals surface area contributed by atoms with Crippen molar-refractivity contribution in [2.75, 3.05) is 23.7 Å². The van der Waals surface area contributed by atoms with Gasteiger partial charge in [0.2, 0.25) is 5.95 Å². The average molecular weight is 284 g/mol. The maximum absolute atomic E-state index is 9.65. The summed E-state index contributed by atoms with van der Waals surface area (Å²) in [5, 5.41) is 9.65. The Kier molecular flexibility index (Phi) is 4.01. The summed E-state index contributed by atoms with van der Waals surface area (Å²) in [6.07, 6.45) is 3.95. The predicted molar refractivity (Wildman–Crippen MR) is 83.1 cm³/mol. The largest absolute Gasteiger partial charge is 0.393 e. The van der Waals surface area contributed by atoms with Crippen LogP contribution in [-0.2, 0) is 6.42 Å². The van der Waals surface area contributed by atoms with E-state index in [9.17, 15) is 5.11 Å². The molecule has 3 N–H and O–H groups in total. The number of aliphatic hydroxyl groups excluding tert-OH is 1. The summed E-state index contributed by atoms with van der Waals surface area (Å²) in [4.78, 5) is 10.8. The normalized spacial score (nSPS) is 16.1. The molecule has 2 heterocycles. The Morgan fingerprint density at radius 1 is 1.19 bits per heavy atom. The molecule has 2 aromatic rings. The van der Waals surface area contributed by atoms with Crippen molar-refractivity contribution < 1.29 is 5.11 Å². The second-order valence-corrected chi connectivity index (χ2v) is 5.46. The van der Waals surface area contributed by atoms with E-state index in [1.54, 1.807) is 0 Å². The van der Waals surface area contributed by atoms with E-state index < -0.39 is 0 Å². The zero-order valence-corrected chi connectivity index (χ0v) is 11.9. The molecule has 110 valence electrons. The minimum atomic E-state index is -0.196. The third-order valence-electron chi connectivity index (χ3n) is 3.86. The summed E-state index contributed by atoms with van der Waals surface area (Å²) in [7, 11) is 0. The Morgan fingerprint density at radius 3 is 2.62 bits per heavy atom. The Balaban J connectivity index is 1.86. The molecule has 0 spiro atoms. The standard InChI is InChI=1S/C16H20N4O/c17-16-18-11-13(10-12-4-2-1-3-5-12)15(19-16)20-8-6-14(21)7-9-20/h1-5,11,14,21H,6-10H2,(H2,17,18,19). The first-order chi connectivity index (χ1) is 10.2. The molecule has 1 aliphatic rings. The first-order valence-electron chi connectivity index (χ1n) is 7.30. The smallest absolute Gasteiger partial charge is 0.221 e. The highest BCUT2D eigenvalue weighted by Crippen LogP contribution is 2.24. The van der Waals surface area contributed by atoms with E-state index >= 15 is 0 Å². The first kappa shape index (κ1) is 13.8. The summed E-state index contributed by atoms with van der Waals surface area (Å²) in [6, 6.07) is 10.3. The maximum Gasteiger partial charge on any atom is 0.221 e. The quantitative estimate of drug-likeness (QED) is 0.895. The lowest BCUT2D eigenvalue weighted by Crippen LogP contribution is -2.37. The molecule has 0 bridgehead atoms. The van der Waals surface area contributed by atoms with Gasteiger partial charge >= 0.3 is 0 Å². The Hall–Kier alpha value is -2.14. The number of aromatic nitrogens is 2. The van der Waals surface area contributed by atoms with Crippen LogP contribution in [0.15, 0.2) is 36.5 Å². The molecule has 1 aromatic carbocycles. The number of hydrogen-bond donors (Lipinski definition) is 2. The van der Waals surface area contributed by atoms with Crippen LogP contribution in [0.1, 0.15) is 24.0 Å². The van der Waals surface area contributed by atoms with Gasteiger partial charge in [-0.2, -0.15) is 4.98 Å². The van der Waals surface area contributed by atoms with Crippen LogP contribution in [0.3, 0.4) is 0 Å². The van der Waals surface area contributed by atoms with Crippen LogP contribution in [0, 0.1) is 0 Å². The molecule has 1 aromatic heterocycles. The van der Waals surface area contributed by atoms with Gasteiger partial charge in [0.25, 0.3) is 0 Å². The van der Waals surface area contributed by atoms with Gasteiger partial charge in [-0.05, 0) is 18.4 Å². The number of hydrogen-bond acceptors (Lipinski definition) is 5. The number of nitrogens with zero attached hydrogens (tertiary/aromatic N) is 3. The maximum atomic E-state index is 9.65. The molecule has 1 saturated heterocycles. The second kappa shape index (κ2) is 6.10. The monoisotopic (exact) mass is 284 g/mol. The Bertz CT molecular complexity index is 594. The molecule has 3 rings (SSSR count). The molecule has 1 aliphatic heterocycles. The van der Waals surface area contributed by atoms with Gasteiger partial charge in [-0.1, -0.05) is 30.3 Å². The van der Waals surface area contributed by atoms with Gasteiger partial charge in [-0.3, -0.25) is 0 Å². The van der Waals surface area contributed by atoms with E-state index in [1.807, 2.05) is 24.4 Å². The minimum Gasteiger partial charge on any atom is -0.393 e. The number of nitrogens with two attached hydrogens (primary N) is 1. The van der Waals surface area contributed by atoms with E-state index in [4.69, 9.17) is 5.73 Å². The van der Waals surface area contributed by atoms with Gasteiger partial charge in [0.05, 0.1) is 6.10 Å². The summed E-state index contributed by atoms with van der Waals surface area (Å²) >= 11 is 0. The van der Waals surface area contributed by atoms with Crippen molar-refractivity contribution in [2.24, 2.45) is 0 Å². The lowest BCUT2D eigenvalue weighted by molar-refractivity contribution is 0.145. The van der Waals surface area contributed by atoms with Gasteiger partial charge in [0.1, 0.15) is 5.82 Å². The molecule has 0 amide bonds. The van der Waals surface area contributed by atoms with E-state index in [2.05, 4.69) is 27.0 Å². The van der Waals surface area contributed by atoms with Crippen molar-refractivity contribution in [1.29, 1.82) is 0 Å². The number of benzene rings is 1. The van der Waals surface area contributed by atoms with Crippen LogP contribution >= 0.6 is 0 Å². The van der Waals surface area contributed by atoms with E-state index in [0.29, 0.717) is 5.95 Å². The number of rotatable bonds is 3. The fourth-order valence-electron chi connectivity index (χ4n) is 2.70. The van der Waals surface area contributed by atoms with Gasteiger partial charge in [-0.15, -0.1) is 0 Å². The number of nitrogen functional groups attached to an aromatic ring is 1. The Labute approximate surface area is 124 Å². The molecular formula is C16H20N4O. The zero-order valence-electron chi connectivity index (χ0n) is 11.9. The molecule has 1 fully saturated rings. The lowest BCUT2D eigenvalue weighted by Gasteiger charge is -2.31. The molecule has 5 nitrogen and oxygen atoms in total. The zero-order chi connectivity index (χ0) is 14.7. The highest BCUT2D eigenvalue weighted by atomic mass is 16.3. The van der Waals surface area contributed by atoms with Crippen LogP contribution < -0.4 is 10.6 Å². The topological polar surface area (TPSA) is 75.3 Å². The molecule has 21 heavy (non-hydrogen) atoms. The highest BCUT2D eigenvalue weighted by molar-refractivity contribution is 5.50. The van der Waals surface area contributed by atoms with Gasteiger partial charge < -0.3 is 15.7 Å². The van der Waals surface area contributed by atoms with Crippen LogP contribution in [-0.4, -0.2) is 34.3 Å². The first-order valence-corrected chi connectivity index (χ1v) is 7.30. The van der Waals surface area contributed by atoms with E-state index in [0.717, 1.165) is 43.7 Å². The van der Waals surface area contributed by atoms with Crippen LogP contribution in [0.2, 0.25) is 0 Å². The molecule has 5 heteroatoms. The molecule has 0 aliphatic carbocycles. The van der Waals surface area contributed by atoms with Crippen molar-refractivity contribution in [3.8, 4) is 0 Å². The molecule has 0 radical (unpaired) electrons. The summed E-state index contributed by atoms with van der Waals surface area (Å²) in [5.74, 6) is 1.20. The summed E-state index contributed by atoms with van der Waals surface area (Å²) in [6.45, 7) is 1.61. The van der Waals surface area contributed by atoms with Crippen molar-refractivity contribution in [3.05, 3.63) is 47.7 Å². The predicted octanol–water partition coefficient (Wildman–Crippen LogP) is 1.61. The van der Waals surface area contributed by atoms with Crippen molar-refractivity contribution in [1.82, 2.24) is 9.97 Å². The minimum absolute atomic E-state index is 0.196. The van der Waals surface area contributed by atoms with Crippen molar-refractivity contribution in [3.63, 3.8) is 0 Å². The fraction of sp³-hybridized carbons (Fsp3) is 0.375. The van der Waals surface area contributed by atoms with Crippen LogP contribution in [0.5, 0.6) is 0 Å². The molecule has 0 unspecified atom stereocenters. The average Bonchev–Trinajstić information content (AvgIpc) is 2.51. The summed E-state index contributed by atoms with van der Waals surface area (Å²) in [5.41, 5.74) is 8.06. The van der Waals surface area contributed by atoms with Crippen molar-refractivity contribution >= 4 is 11.8 Å². The van der Waals surface area contributed by atoms with Gasteiger partial charge in [-0.25, -0.2) is 4.98 Å². The van der Waals surface area contributed by atoms with Crippen LogP contribution in [0.4, 0.5) is 11.8 Å². The number of piperidine rings is 1. The molecular weight excluding hydrogens is 264 g/mol. The number of anilines is 2. The fourth-order valence-corrected chi connectivity index (χ4v) is 2.70. The SMILES string of the molecule is Nc1ncc(Cc2ccccc2)c(N2CCC(O)CC2)n1. The van der Waals surface area contributed by atoms with Crippen LogP contribution in [0.25, 0.3) is 0 Å². The van der Waals surface area contributed by atoms with E-state index in [1.165, 1.54) is 5.56 Å². The highest BCUT2D eigenvalue weighted by Gasteiger charge is 2.21. The third-order valence-corrected chi connectivity index (χ3v) is 3.86. The summed E-state index contributed by atoms with van der Waals surface area (Å²) < 4.78 is 0. The van der Waals surface area contributed by atoms with E-state index in [-0.39, 0.29) is 6.10 Å². The van der Waals surface area contributed by atoms with Gasteiger partial charge in [0, 0.05) is 31.3 Å². The van der Waals surface area contributed by atoms with Crippen molar-refractivity contribution in [2.45, 2.75) is 25.4 Å². The number of aliphatic hydroxyl groups is 1. The third kappa shape index (κ3) is 3.31. The molecule has 0 saturated carbocycles. The lowest BCUT2D eigenvalue weighted by atomic mass is 10.0. The second-order valence-electron chi connectivity index (χ2n) is 5.46.